The number of anilines is 1. The molecule has 262 valence electrons. The molecule has 4 aromatic carbocycles. The molecule has 4 aromatic rings. The maximum absolute atomic E-state index is 12.4. The molecule has 0 amide bonds. The number of methoxy groups -OCH3 is 1. The molecule has 0 unspecified atom stereocenters. The topological polar surface area (TPSA) is 304 Å². The Morgan fingerprint density at radius 2 is 1.50 bits per heavy atom. The summed E-state index contributed by atoms with van der Waals surface area (Å²) in [6, 6.07) is 11.4. The van der Waals surface area contributed by atoms with Crippen molar-refractivity contribution in [2.24, 2.45) is 20.5 Å². The normalized spacial score (nSPS) is 12.0. The molecular weight excluding hydrogens is 804 g/mol. The molecule has 19 nitrogen and oxygen atoms in total. The minimum atomic E-state index is -5.30. The van der Waals surface area contributed by atoms with Crippen LogP contribution >= 0.6 is 12.0 Å². The average Bonchev–Trinajstić information content (AvgIpc) is 3.01. The van der Waals surface area contributed by atoms with Gasteiger partial charge in [0.15, 0.2) is 15.6 Å². The van der Waals surface area contributed by atoms with Crippen LogP contribution in [-0.4, -0.2) is 58.9 Å². The number of aryl methyl sites for hydroxylation is 1. The second-order valence-corrected chi connectivity index (χ2v) is 14.9. The Morgan fingerprint density at radius 1 is 0.865 bits per heavy atom. The summed E-state index contributed by atoms with van der Waals surface area (Å²) < 4.78 is 107. The summed E-state index contributed by atoms with van der Waals surface area (Å²) in [5.41, 5.74) is 5.69. The van der Waals surface area contributed by atoms with Gasteiger partial charge in [0.2, 0.25) is 10.4 Å². The van der Waals surface area contributed by atoms with Gasteiger partial charge in [0, 0.05) is 0 Å². The van der Waals surface area contributed by atoms with Gasteiger partial charge in [-0.05, 0) is 66.4 Å². The summed E-state index contributed by atoms with van der Waals surface area (Å²) >= 11 is 0.283. The number of azo groups is 2. The van der Waals surface area contributed by atoms with Crippen molar-refractivity contribution in [1.82, 2.24) is 0 Å². The van der Waals surface area contributed by atoms with Crippen LogP contribution in [0, 0.1) is 6.92 Å². The number of phenolic OH excluding ortho intramolecular Hbond substituents is 1. The van der Waals surface area contributed by atoms with E-state index in [1.165, 1.54) is 13.2 Å². The molecule has 0 saturated carbocycles. The predicted octanol–water partition coefficient (Wildman–Crippen LogP) is -5.33. The van der Waals surface area contributed by atoms with Crippen LogP contribution in [0.4, 0.5) is 28.4 Å². The first-order chi connectivity index (χ1) is 22.9. The molecule has 0 spiro atoms. The molecule has 4 rings (SSSR count). The Balaban J connectivity index is 0.00000451. The summed E-state index contributed by atoms with van der Waals surface area (Å²) in [6.45, 7) is 0.866. The molecule has 52 heavy (non-hydrogen) atoms. The Bertz CT molecular complexity index is 2300. The van der Waals surface area contributed by atoms with Crippen molar-refractivity contribution in [2.45, 2.75) is 21.6 Å². The summed E-state index contributed by atoms with van der Waals surface area (Å²) in [5, 5.41) is 40.7. The van der Waals surface area contributed by atoms with E-state index in [0.717, 1.165) is 35.9 Å². The summed E-state index contributed by atoms with van der Waals surface area (Å²) in [7, 11) is -13.1. The van der Waals surface area contributed by atoms with Crippen LogP contribution < -0.4 is 104 Å². The number of phenols is 1. The minimum Gasteiger partial charge on any atom is -0.744 e. The number of fused-ring (bicyclic) bond motifs is 1. The first-order valence-electron chi connectivity index (χ1n) is 13.1. The monoisotopic (exact) mass is 825 g/mol. The summed E-state index contributed by atoms with van der Waals surface area (Å²) in [4.78, 5) is -1.37. The van der Waals surface area contributed by atoms with Crippen LogP contribution in [0.1, 0.15) is 5.56 Å². The fourth-order valence-electron chi connectivity index (χ4n) is 4.19. The van der Waals surface area contributed by atoms with Gasteiger partial charge in [0.05, 0.1) is 63.0 Å². The standard InChI is InChI=1S/C26H25N5O14S4.3Na/c1-14-3-8-19(42-2)18(11-14)29-30-24-20(46-45-44-33)12-15-13-21(48(36,37)38)25(23(27)22(15)26(24)32)31-28-16-4-6-17(7-5-16)47(34,35)10-9-43-49(39,40)41;;;/h3-8,11-13,32-33H,9-10,27H2,1-2H3,(H,36,37,38)(H,39,40,41);;;/q;3*+1/p-3. The fraction of sp³-hybridized carbons (Fsp3) is 0.154. The molecule has 0 aliphatic rings. The third kappa shape index (κ3) is 12.6. The Labute approximate surface area is 367 Å². The first kappa shape index (κ1) is 48.7. The second-order valence-electron chi connectivity index (χ2n) is 9.60. The number of nitrogen functional groups attached to an aromatic ring is 1. The van der Waals surface area contributed by atoms with E-state index >= 15 is 0 Å². The number of rotatable bonds is 14. The fourth-order valence-corrected chi connectivity index (χ4v) is 6.82. The Hall–Kier alpha value is -1.30. The number of nitrogens with two attached hydrogens (primary N) is 1. The molecule has 0 aliphatic carbocycles. The number of benzene rings is 4. The number of aromatic hydroxyl groups is 1. The Kier molecular flexibility index (Phi) is 19.3. The third-order valence-corrected chi connectivity index (χ3v) is 9.98. The van der Waals surface area contributed by atoms with E-state index in [2.05, 4.69) is 34.0 Å². The van der Waals surface area contributed by atoms with E-state index in [4.69, 9.17) is 10.5 Å². The molecule has 0 saturated heterocycles. The van der Waals surface area contributed by atoms with Gasteiger partial charge >= 0.3 is 88.7 Å². The van der Waals surface area contributed by atoms with Crippen molar-refractivity contribution in [3.8, 4) is 11.5 Å². The van der Waals surface area contributed by atoms with E-state index < -0.39 is 64.7 Å². The zero-order valence-electron chi connectivity index (χ0n) is 27.9. The third-order valence-electron chi connectivity index (χ3n) is 6.37. The van der Waals surface area contributed by atoms with Crippen molar-refractivity contribution < 1.29 is 152 Å². The smallest absolute Gasteiger partial charge is 0.744 e. The van der Waals surface area contributed by atoms with Crippen molar-refractivity contribution in [3.63, 3.8) is 0 Å². The maximum Gasteiger partial charge on any atom is 1.00 e. The van der Waals surface area contributed by atoms with E-state index in [9.17, 15) is 44.7 Å². The van der Waals surface area contributed by atoms with Crippen molar-refractivity contribution in [3.05, 3.63) is 60.2 Å². The van der Waals surface area contributed by atoms with Gasteiger partial charge in [-0.2, -0.15) is 9.45 Å². The van der Waals surface area contributed by atoms with Crippen molar-refractivity contribution >= 4 is 81.6 Å². The number of hydrogen-bond donors (Lipinski definition) is 2. The number of hydrogen-bond acceptors (Lipinski definition) is 20. The Morgan fingerprint density at radius 3 is 2.08 bits per heavy atom. The molecule has 0 aliphatic heterocycles. The molecule has 3 N–H and O–H groups in total. The average molecular weight is 826 g/mol. The SMILES string of the molecule is COc1ccc(C)cc1N=Nc1c(SOO[O-])cc2cc(S(=O)(=O)[O-])c(N=Nc3ccc(S(=O)(=O)CCOS(=O)(=O)[O-])cc3)c(N)c2c1O.[Na+].[Na+].[Na+]. The molecule has 0 radical (unpaired) electrons. The molecule has 0 fully saturated rings. The van der Waals surface area contributed by atoms with Crippen LogP contribution in [0.25, 0.3) is 10.8 Å². The molecule has 0 bridgehead atoms. The molecular formula is C26H22N5Na3O14S4. The van der Waals surface area contributed by atoms with Gasteiger partial charge in [0.1, 0.15) is 32.9 Å². The van der Waals surface area contributed by atoms with Gasteiger partial charge in [-0.25, -0.2) is 25.3 Å². The molecule has 0 atom stereocenters. The van der Waals surface area contributed by atoms with E-state index in [0.29, 0.717) is 5.75 Å². The largest absolute Gasteiger partial charge is 1.00 e. The predicted molar refractivity (Wildman–Crippen MR) is 166 cm³/mol. The van der Waals surface area contributed by atoms with Gasteiger partial charge in [-0.15, -0.1) is 15.3 Å². The van der Waals surface area contributed by atoms with Gasteiger partial charge in [-0.1, -0.05) is 6.07 Å². The molecule has 0 aromatic heterocycles. The minimum absolute atomic E-state index is 0. The van der Waals surface area contributed by atoms with E-state index in [-0.39, 0.29) is 138 Å². The summed E-state index contributed by atoms with van der Waals surface area (Å²) in [5.74, 6) is -1.21. The van der Waals surface area contributed by atoms with Crippen LogP contribution in [-0.2, 0) is 43.9 Å². The second kappa shape index (κ2) is 20.6. The van der Waals surface area contributed by atoms with E-state index in [1.807, 2.05) is 0 Å². The number of sulfone groups is 1. The van der Waals surface area contributed by atoms with Crippen LogP contribution in [0.15, 0.2) is 89.7 Å². The summed E-state index contributed by atoms with van der Waals surface area (Å²) in [6.07, 6.45) is 0. The van der Waals surface area contributed by atoms with Gasteiger partial charge in [0.25, 0.3) is 0 Å². The first-order valence-corrected chi connectivity index (χ1v) is 18.2. The molecule has 26 heteroatoms. The number of nitrogens with zero attached hydrogens (tertiary/aromatic N) is 4. The van der Waals surface area contributed by atoms with Crippen molar-refractivity contribution in [1.29, 1.82) is 0 Å². The quantitative estimate of drug-likeness (QED) is 0.0175. The zero-order valence-corrected chi connectivity index (χ0v) is 37.1. The van der Waals surface area contributed by atoms with Gasteiger partial charge < -0.3 is 29.9 Å². The van der Waals surface area contributed by atoms with Gasteiger partial charge in [-0.3, -0.25) is 9.22 Å². The van der Waals surface area contributed by atoms with Crippen LogP contribution in [0.5, 0.6) is 11.5 Å². The number of ether oxygens (including phenoxy) is 1. The van der Waals surface area contributed by atoms with E-state index in [1.54, 1.807) is 25.1 Å². The molecule has 0 heterocycles. The van der Waals surface area contributed by atoms with Crippen LogP contribution in [0.3, 0.4) is 0 Å². The van der Waals surface area contributed by atoms with Crippen LogP contribution in [0.2, 0.25) is 0 Å². The van der Waals surface area contributed by atoms with Crippen molar-refractivity contribution in [2.75, 3.05) is 25.2 Å². The zero-order chi connectivity index (χ0) is 36.1. The maximum atomic E-state index is 12.4.